The van der Waals surface area contributed by atoms with Gasteiger partial charge in [0.1, 0.15) is 16.6 Å². The van der Waals surface area contributed by atoms with Gasteiger partial charge < -0.3 is 23.1 Å². The highest BCUT2D eigenvalue weighted by Crippen LogP contribution is 2.47. The molecule has 10 heteroatoms. The first-order chi connectivity index (χ1) is 29.6. The number of cyclic esters (lactones) is 1. The minimum atomic E-state index is -2.08. The number of carbonyl (C=O) groups excluding carboxylic acids is 2. The smallest absolute Gasteiger partial charge is 0.323 e. The summed E-state index contributed by atoms with van der Waals surface area (Å²) in [5.41, 5.74) is 0. The second-order valence-electron chi connectivity index (χ2n) is 22.9. The molecule has 63 heavy (non-hydrogen) atoms. The fourth-order valence-corrected chi connectivity index (χ4v) is 13.6. The molecule has 362 valence electrons. The average Bonchev–Trinajstić information content (AvgIpc) is 3.79. The van der Waals surface area contributed by atoms with Crippen molar-refractivity contribution >= 4 is 40.1 Å². The first-order valence-electron chi connectivity index (χ1n) is 25.8. The Labute approximate surface area is 393 Å². The molecule has 1 aromatic rings. The number of unbranched alkanes of at least 4 members (excludes halogenated alkanes) is 10. The zero-order valence-corrected chi connectivity index (χ0v) is 45.3. The molecule has 0 amide bonds. The summed E-state index contributed by atoms with van der Waals surface area (Å²) in [6.07, 6.45) is 24.3. The van der Waals surface area contributed by atoms with Crippen LogP contribution in [-0.2, 0) is 32.7 Å². The number of Topliss-reactive ketones (excluding diaryl/α,β-unsaturated/α-hetero) is 1. The molecular formula is C53H94O7SSi2. The molecule has 0 unspecified atom stereocenters. The number of benzene rings is 1. The van der Waals surface area contributed by atoms with Crippen LogP contribution < -0.4 is 0 Å². The summed E-state index contributed by atoms with van der Waals surface area (Å²) >= 11 is 1.62. The van der Waals surface area contributed by atoms with Crippen LogP contribution in [0.5, 0.6) is 0 Å². The van der Waals surface area contributed by atoms with E-state index in [1.54, 1.807) is 11.8 Å². The van der Waals surface area contributed by atoms with E-state index in [-0.39, 0.29) is 64.6 Å². The summed E-state index contributed by atoms with van der Waals surface area (Å²) in [5, 5.41) is 0.239. The van der Waals surface area contributed by atoms with Gasteiger partial charge in [0, 0.05) is 24.2 Å². The Morgan fingerprint density at radius 2 is 1.24 bits per heavy atom. The van der Waals surface area contributed by atoms with E-state index in [2.05, 4.69) is 86.8 Å². The minimum Gasteiger partial charge on any atom is -0.462 e. The van der Waals surface area contributed by atoms with Crippen molar-refractivity contribution in [2.24, 2.45) is 0 Å². The van der Waals surface area contributed by atoms with Crippen molar-refractivity contribution < 1.29 is 32.7 Å². The van der Waals surface area contributed by atoms with E-state index in [0.29, 0.717) is 25.7 Å². The summed E-state index contributed by atoms with van der Waals surface area (Å²) in [7, 11) is -4.08. The third-order valence-corrected chi connectivity index (χ3v) is 25.7. The molecule has 0 saturated carbocycles. The lowest BCUT2D eigenvalue weighted by Gasteiger charge is -2.42. The Morgan fingerprint density at radius 1 is 0.730 bits per heavy atom. The van der Waals surface area contributed by atoms with Crippen molar-refractivity contribution in [2.45, 2.75) is 292 Å². The molecular weight excluding hydrogens is 837 g/mol. The summed E-state index contributed by atoms with van der Waals surface area (Å²) in [4.78, 5) is 27.9. The maximum atomic E-state index is 13.5. The molecule has 0 radical (unpaired) electrons. The van der Waals surface area contributed by atoms with Gasteiger partial charge in [-0.1, -0.05) is 137 Å². The van der Waals surface area contributed by atoms with Crippen LogP contribution in [0.3, 0.4) is 0 Å². The zero-order chi connectivity index (χ0) is 46.3. The zero-order valence-electron chi connectivity index (χ0n) is 42.5. The average molecular weight is 932 g/mol. The maximum absolute atomic E-state index is 13.5. The Morgan fingerprint density at radius 3 is 1.75 bits per heavy atom. The number of carbonyl (C=O) groups is 2. The predicted octanol–water partition coefficient (Wildman–Crippen LogP) is 15.3. The molecule has 0 N–H and O–H groups in total. The van der Waals surface area contributed by atoms with Gasteiger partial charge in [0.2, 0.25) is 0 Å². The van der Waals surface area contributed by atoms with Crippen LogP contribution in [0.1, 0.15) is 203 Å². The van der Waals surface area contributed by atoms with Gasteiger partial charge in [0.15, 0.2) is 16.6 Å². The monoisotopic (exact) mass is 931 g/mol. The molecule has 3 saturated heterocycles. The Hall–Kier alpha value is -1.02. The molecule has 3 aliphatic heterocycles. The van der Waals surface area contributed by atoms with E-state index in [9.17, 15) is 9.59 Å². The molecule has 7 nitrogen and oxygen atoms in total. The van der Waals surface area contributed by atoms with Gasteiger partial charge >= 0.3 is 5.97 Å². The van der Waals surface area contributed by atoms with E-state index >= 15 is 0 Å². The van der Waals surface area contributed by atoms with E-state index in [4.69, 9.17) is 23.1 Å². The van der Waals surface area contributed by atoms with Gasteiger partial charge in [-0.2, -0.15) is 0 Å². The van der Waals surface area contributed by atoms with E-state index in [1.807, 2.05) is 25.1 Å². The van der Waals surface area contributed by atoms with E-state index < -0.39 is 21.4 Å². The molecule has 1 aromatic carbocycles. The third kappa shape index (κ3) is 17.5. The van der Waals surface area contributed by atoms with E-state index in [1.165, 1.54) is 64.2 Å². The quantitative estimate of drug-likeness (QED) is 0.0467. The van der Waals surface area contributed by atoms with Gasteiger partial charge in [-0.25, -0.2) is 0 Å². The largest absolute Gasteiger partial charge is 0.462 e. The van der Waals surface area contributed by atoms with Gasteiger partial charge in [-0.05, 0) is 113 Å². The minimum absolute atomic E-state index is 0.0188. The molecule has 8 atom stereocenters. The molecule has 0 bridgehead atoms. The lowest BCUT2D eigenvalue weighted by Crippen LogP contribution is -2.48. The third-order valence-electron chi connectivity index (χ3n) is 15.3. The summed E-state index contributed by atoms with van der Waals surface area (Å²) in [6.45, 7) is 27.8. The Balaban J connectivity index is 1.31. The standard InChI is InChI=1S/C53H94O7SSi2/c1-13-14-15-16-17-18-19-20-21-25-34-48(59-62(9,10)51(3,4)5)46-36-37-47(58-46)49(60-63(11,12)52(6,7)8)35-27-26-29-42(54)38-43-30-28-31-44(57-43)40-53(39-41(2)56-50(53)55)61-45-32-23-22-24-33-45/h22-24,32-33,41,43-44,46-49H,13-21,25-31,34-40H2,1-12H3/t41-,43-,44+,46-,47+,48-,49+,53-/m0/s1. The molecule has 0 aliphatic carbocycles. The first kappa shape index (κ1) is 54.6. The van der Waals surface area contributed by atoms with Gasteiger partial charge in [0.05, 0.1) is 36.6 Å². The normalized spacial score (nSPS) is 25.9. The highest BCUT2D eigenvalue weighted by Gasteiger charge is 2.51. The summed E-state index contributed by atoms with van der Waals surface area (Å²) in [6, 6.07) is 10.2. The van der Waals surface area contributed by atoms with Crippen LogP contribution in [0, 0.1) is 0 Å². The fourth-order valence-electron chi connectivity index (χ4n) is 9.38. The van der Waals surface area contributed by atoms with Gasteiger partial charge in [0.25, 0.3) is 0 Å². The topological polar surface area (TPSA) is 80.3 Å². The lowest BCUT2D eigenvalue weighted by molar-refractivity contribution is -0.144. The molecule has 3 heterocycles. The van der Waals surface area contributed by atoms with E-state index in [0.717, 1.165) is 62.7 Å². The van der Waals surface area contributed by atoms with Crippen molar-refractivity contribution in [3.63, 3.8) is 0 Å². The molecule has 4 rings (SSSR count). The molecule has 3 aliphatic rings. The Bertz CT molecular complexity index is 1490. The number of hydrogen-bond acceptors (Lipinski definition) is 8. The van der Waals surface area contributed by atoms with Crippen LogP contribution in [-0.4, -0.2) is 75.9 Å². The lowest BCUT2D eigenvalue weighted by atomic mass is 9.91. The number of ether oxygens (including phenoxy) is 3. The van der Waals surface area contributed by atoms with Crippen LogP contribution in [0.2, 0.25) is 36.3 Å². The van der Waals surface area contributed by atoms with Crippen molar-refractivity contribution in [3.05, 3.63) is 30.3 Å². The number of thioether (sulfide) groups is 1. The van der Waals surface area contributed by atoms with Crippen molar-refractivity contribution in [2.75, 3.05) is 0 Å². The summed E-state index contributed by atoms with van der Waals surface area (Å²) < 4.78 is 33.3. The molecule has 3 fully saturated rings. The van der Waals surface area contributed by atoms with Crippen molar-refractivity contribution in [1.29, 1.82) is 0 Å². The number of ketones is 1. The van der Waals surface area contributed by atoms with Gasteiger partial charge in [-0.3, -0.25) is 9.59 Å². The predicted molar refractivity (Wildman–Crippen MR) is 269 cm³/mol. The molecule has 0 spiro atoms. The first-order valence-corrected chi connectivity index (χ1v) is 32.4. The fraction of sp³-hybridized carbons (Fsp3) is 0.849. The number of hydrogen-bond donors (Lipinski definition) is 0. The van der Waals surface area contributed by atoms with Crippen LogP contribution in [0.4, 0.5) is 0 Å². The SMILES string of the molecule is CCCCCCCCCCCC[C@H](O[Si](C)(C)C(C)(C)C)[C@@H]1CC[C@H]([C@@H](CCCCC(=O)C[C@@H]2CCC[C@H](C[C@@]3(Sc4ccccc4)C[C@H](C)OC3=O)O2)O[Si](C)(C)C(C)(C)C)O1. The van der Waals surface area contributed by atoms with Crippen LogP contribution >= 0.6 is 11.8 Å². The number of rotatable bonds is 28. The highest BCUT2D eigenvalue weighted by atomic mass is 32.2. The summed E-state index contributed by atoms with van der Waals surface area (Å²) in [5.74, 6) is 0.142. The second kappa shape index (κ2) is 25.4. The van der Waals surface area contributed by atoms with Crippen LogP contribution in [0.25, 0.3) is 0 Å². The number of esters is 1. The van der Waals surface area contributed by atoms with Gasteiger partial charge in [-0.15, -0.1) is 11.8 Å². The molecule has 0 aromatic heterocycles. The second-order valence-corrected chi connectivity index (χ2v) is 33.9. The van der Waals surface area contributed by atoms with Crippen molar-refractivity contribution in [1.82, 2.24) is 0 Å². The van der Waals surface area contributed by atoms with Crippen molar-refractivity contribution in [3.8, 4) is 0 Å². The van der Waals surface area contributed by atoms with Crippen LogP contribution in [0.15, 0.2) is 35.2 Å². The maximum Gasteiger partial charge on any atom is 0.323 e. The Kier molecular flexibility index (Phi) is 22.0. The highest BCUT2D eigenvalue weighted by molar-refractivity contribution is 8.01.